The van der Waals surface area contributed by atoms with E-state index in [0.717, 1.165) is 5.56 Å². The average molecular weight is 341 g/mol. The summed E-state index contributed by atoms with van der Waals surface area (Å²) in [6, 6.07) is 12.9. The lowest BCUT2D eigenvalue weighted by atomic mass is 10.1. The van der Waals surface area contributed by atoms with Crippen LogP contribution >= 0.6 is 11.3 Å². The van der Waals surface area contributed by atoms with Gasteiger partial charge in [-0.05, 0) is 35.6 Å². The third-order valence-corrected chi connectivity index (χ3v) is 4.40. The Morgan fingerprint density at radius 1 is 1.25 bits per heavy atom. The lowest BCUT2D eigenvalue weighted by Gasteiger charge is -2.17. The van der Waals surface area contributed by atoms with Crippen LogP contribution in [0.25, 0.3) is 0 Å². The zero-order valence-electron chi connectivity index (χ0n) is 13.5. The summed E-state index contributed by atoms with van der Waals surface area (Å²) < 4.78 is 0. The molecule has 0 saturated heterocycles. The Morgan fingerprint density at radius 2 is 2.00 bits per heavy atom. The average Bonchev–Trinajstić information content (AvgIpc) is 3.13. The Bertz CT molecular complexity index is 718. The van der Waals surface area contributed by atoms with Crippen LogP contribution in [0.4, 0.5) is 0 Å². The van der Waals surface area contributed by atoms with Crippen LogP contribution in [-0.2, 0) is 11.3 Å². The highest BCUT2D eigenvalue weighted by Gasteiger charge is 2.10. The minimum absolute atomic E-state index is 0.0322. The fraction of sp³-hybridized carbons (Fsp3) is 0.278. The first-order chi connectivity index (χ1) is 11.6. The van der Waals surface area contributed by atoms with E-state index < -0.39 is 0 Å². The van der Waals surface area contributed by atoms with Crippen molar-refractivity contribution >= 4 is 23.2 Å². The molecule has 0 radical (unpaired) electrons. The van der Waals surface area contributed by atoms with E-state index in [2.05, 4.69) is 11.4 Å². The van der Waals surface area contributed by atoms with Crippen molar-refractivity contribution in [3.05, 3.63) is 57.8 Å². The van der Waals surface area contributed by atoms with Crippen LogP contribution in [0.2, 0.25) is 0 Å². The van der Waals surface area contributed by atoms with E-state index in [1.807, 2.05) is 23.6 Å². The molecule has 0 unspecified atom stereocenters. The number of carbonyl (C=O) groups excluding carboxylic acids is 2. The molecule has 0 saturated carbocycles. The molecular weight excluding hydrogens is 322 g/mol. The van der Waals surface area contributed by atoms with Crippen molar-refractivity contribution in [3.8, 4) is 6.07 Å². The highest BCUT2D eigenvalue weighted by Crippen LogP contribution is 2.09. The second kappa shape index (κ2) is 8.85. The smallest absolute Gasteiger partial charge is 0.261 e. The normalized spacial score (nSPS) is 10.0. The van der Waals surface area contributed by atoms with E-state index in [-0.39, 0.29) is 11.8 Å². The van der Waals surface area contributed by atoms with Crippen molar-refractivity contribution < 1.29 is 9.59 Å². The number of nitriles is 1. The van der Waals surface area contributed by atoms with Gasteiger partial charge in [-0.2, -0.15) is 5.26 Å². The van der Waals surface area contributed by atoms with Gasteiger partial charge in [0.2, 0.25) is 5.91 Å². The molecule has 2 amide bonds. The predicted octanol–water partition coefficient (Wildman–Crippen LogP) is 2.79. The predicted molar refractivity (Wildman–Crippen MR) is 93.5 cm³/mol. The molecule has 0 spiro atoms. The number of amides is 2. The molecule has 0 bridgehead atoms. The lowest BCUT2D eigenvalue weighted by molar-refractivity contribution is -0.130. The van der Waals surface area contributed by atoms with Crippen molar-refractivity contribution in [2.24, 2.45) is 0 Å². The maximum atomic E-state index is 12.1. The number of rotatable bonds is 7. The van der Waals surface area contributed by atoms with Crippen molar-refractivity contribution in [2.45, 2.75) is 19.4 Å². The van der Waals surface area contributed by atoms with Crippen LogP contribution in [0, 0.1) is 11.3 Å². The molecule has 2 rings (SSSR count). The van der Waals surface area contributed by atoms with Gasteiger partial charge in [-0.3, -0.25) is 9.59 Å². The van der Waals surface area contributed by atoms with E-state index >= 15 is 0 Å². The molecule has 124 valence electrons. The zero-order chi connectivity index (χ0) is 17.4. The number of benzene rings is 1. The lowest BCUT2D eigenvalue weighted by Crippen LogP contribution is -2.28. The minimum Gasteiger partial charge on any atom is -0.351 e. The SMILES string of the molecule is CN(Cc1ccc(C#N)cc1)C(=O)CCCNC(=O)c1cccs1. The quantitative estimate of drug-likeness (QED) is 0.787. The van der Waals surface area contributed by atoms with E-state index in [4.69, 9.17) is 5.26 Å². The number of nitrogens with zero attached hydrogens (tertiary/aromatic N) is 2. The van der Waals surface area contributed by atoms with Crippen LogP contribution in [0.1, 0.15) is 33.6 Å². The van der Waals surface area contributed by atoms with Gasteiger partial charge < -0.3 is 10.2 Å². The summed E-state index contributed by atoms with van der Waals surface area (Å²) in [4.78, 5) is 26.2. The fourth-order valence-electron chi connectivity index (χ4n) is 2.17. The largest absolute Gasteiger partial charge is 0.351 e. The highest BCUT2D eigenvalue weighted by atomic mass is 32.1. The molecule has 0 aliphatic heterocycles. The summed E-state index contributed by atoms with van der Waals surface area (Å²) in [6.07, 6.45) is 0.991. The van der Waals surface area contributed by atoms with Crippen molar-refractivity contribution in [2.75, 3.05) is 13.6 Å². The van der Waals surface area contributed by atoms with Gasteiger partial charge in [0, 0.05) is 26.6 Å². The molecule has 0 atom stereocenters. The molecular formula is C18H19N3O2S. The van der Waals surface area contributed by atoms with Crippen molar-refractivity contribution in [3.63, 3.8) is 0 Å². The topological polar surface area (TPSA) is 73.2 Å². The van der Waals surface area contributed by atoms with Gasteiger partial charge in [0.1, 0.15) is 0 Å². The Kier molecular flexibility index (Phi) is 6.52. The van der Waals surface area contributed by atoms with Gasteiger partial charge in [-0.25, -0.2) is 0 Å². The Balaban J connectivity index is 1.69. The first-order valence-electron chi connectivity index (χ1n) is 7.65. The standard InChI is InChI=1S/C18H19N3O2S/c1-21(13-15-8-6-14(12-19)7-9-15)17(22)5-2-10-20-18(23)16-4-3-11-24-16/h3-4,6-9,11H,2,5,10,13H2,1H3,(H,20,23). The molecule has 1 heterocycles. The Morgan fingerprint density at radius 3 is 2.62 bits per heavy atom. The zero-order valence-corrected chi connectivity index (χ0v) is 14.3. The van der Waals surface area contributed by atoms with E-state index in [0.29, 0.717) is 36.4 Å². The number of hydrogen-bond acceptors (Lipinski definition) is 4. The molecule has 1 aromatic carbocycles. The number of nitrogens with one attached hydrogen (secondary N) is 1. The summed E-state index contributed by atoms with van der Waals surface area (Å²) in [5.41, 5.74) is 1.59. The fourth-order valence-corrected chi connectivity index (χ4v) is 2.81. The van der Waals surface area contributed by atoms with Crippen molar-refractivity contribution in [1.82, 2.24) is 10.2 Å². The van der Waals surface area contributed by atoms with Gasteiger partial charge in [-0.15, -0.1) is 11.3 Å². The summed E-state index contributed by atoms with van der Waals surface area (Å²) in [5, 5.41) is 13.4. The van der Waals surface area contributed by atoms with Gasteiger partial charge >= 0.3 is 0 Å². The number of thiophene rings is 1. The van der Waals surface area contributed by atoms with Crippen molar-refractivity contribution in [1.29, 1.82) is 5.26 Å². The van der Waals surface area contributed by atoms with Gasteiger partial charge in [0.15, 0.2) is 0 Å². The van der Waals surface area contributed by atoms with E-state index in [9.17, 15) is 9.59 Å². The summed E-state index contributed by atoms with van der Waals surface area (Å²) in [5.74, 6) is -0.0619. The highest BCUT2D eigenvalue weighted by molar-refractivity contribution is 7.12. The monoisotopic (exact) mass is 341 g/mol. The maximum Gasteiger partial charge on any atom is 0.261 e. The van der Waals surface area contributed by atoms with E-state index in [1.165, 1.54) is 11.3 Å². The Hall–Kier alpha value is -2.65. The molecule has 6 heteroatoms. The second-order valence-corrected chi connectivity index (χ2v) is 6.34. The Labute approximate surface area is 145 Å². The van der Waals surface area contributed by atoms with Crippen LogP contribution in [0.15, 0.2) is 41.8 Å². The molecule has 0 aliphatic carbocycles. The summed E-state index contributed by atoms with van der Waals surface area (Å²) in [7, 11) is 1.75. The third kappa shape index (κ3) is 5.21. The van der Waals surface area contributed by atoms with Crippen LogP contribution in [0.5, 0.6) is 0 Å². The second-order valence-electron chi connectivity index (χ2n) is 5.40. The van der Waals surface area contributed by atoms with Crippen LogP contribution in [-0.4, -0.2) is 30.3 Å². The minimum atomic E-state index is -0.0941. The third-order valence-electron chi connectivity index (χ3n) is 3.53. The van der Waals surface area contributed by atoms with E-state index in [1.54, 1.807) is 30.1 Å². The first kappa shape index (κ1) is 17.7. The van der Waals surface area contributed by atoms with Gasteiger partial charge in [0.05, 0.1) is 16.5 Å². The van der Waals surface area contributed by atoms with Crippen LogP contribution in [0.3, 0.4) is 0 Å². The number of hydrogen-bond donors (Lipinski definition) is 1. The maximum absolute atomic E-state index is 12.1. The summed E-state index contributed by atoms with van der Waals surface area (Å²) >= 11 is 1.40. The molecule has 1 aromatic heterocycles. The molecule has 0 aliphatic rings. The molecule has 1 N–H and O–H groups in total. The molecule has 24 heavy (non-hydrogen) atoms. The number of carbonyl (C=O) groups is 2. The molecule has 5 nitrogen and oxygen atoms in total. The van der Waals surface area contributed by atoms with Crippen LogP contribution < -0.4 is 5.32 Å². The first-order valence-corrected chi connectivity index (χ1v) is 8.53. The van der Waals surface area contributed by atoms with Gasteiger partial charge in [-0.1, -0.05) is 18.2 Å². The van der Waals surface area contributed by atoms with Gasteiger partial charge in [0.25, 0.3) is 5.91 Å². The molecule has 2 aromatic rings. The summed E-state index contributed by atoms with van der Waals surface area (Å²) in [6.45, 7) is 0.985. The molecule has 0 fully saturated rings.